The highest BCUT2D eigenvalue weighted by Gasteiger charge is 2.31. The van der Waals surface area contributed by atoms with Crippen molar-refractivity contribution in [1.29, 1.82) is 0 Å². The van der Waals surface area contributed by atoms with E-state index >= 15 is 0 Å². The Bertz CT molecular complexity index is 531. The third-order valence-electron chi connectivity index (χ3n) is 5.22. The van der Waals surface area contributed by atoms with Crippen molar-refractivity contribution < 1.29 is 4.79 Å². The molecule has 2 atom stereocenters. The van der Waals surface area contributed by atoms with Crippen LogP contribution in [0.4, 0.5) is 5.69 Å². The smallest absolute Gasteiger partial charge is 0.241 e. The van der Waals surface area contributed by atoms with Gasteiger partial charge in [0.2, 0.25) is 5.91 Å². The summed E-state index contributed by atoms with van der Waals surface area (Å²) in [7, 11) is 0. The Morgan fingerprint density at radius 2 is 2.09 bits per heavy atom. The number of likely N-dealkylation sites (tertiary alicyclic amines) is 1. The maximum absolute atomic E-state index is 12.8. The Kier molecular flexibility index (Phi) is 4.79. The van der Waals surface area contributed by atoms with Gasteiger partial charge in [-0.15, -0.1) is 0 Å². The largest absolute Gasteiger partial charge is 0.329 e. The Hall–Kier alpha value is -1.39. The summed E-state index contributed by atoms with van der Waals surface area (Å²) in [6.45, 7) is 5.23. The standard InChI is InChI=1S/C18H27N3O/c1-14-6-4-10-20(17(14)12-19)13-18(22)21-11-5-8-15-7-2-3-9-16(15)21/h2-3,7,9,14,17H,4-6,8,10-13,19H2,1H3. The minimum absolute atomic E-state index is 0.222. The molecule has 0 aromatic heterocycles. The SMILES string of the molecule is CC1CCCN(CC(=O)N2CCCc3ccccc32)C1CN. The molecule has 4 nitrogen and oxygen atoms in total. The van der Waals surface area contributed by atoms with Crippen molar-refractivity contribution in [2.75, 3.05) is 31.1 Å². The van der Waals surface area contributed by atoms with Gasteiger partial charge < -0.3 is 10.6 Å². The third kappa shape index (κ3) is 3.03. The van der Waals surface area contributed by atoms with Crippen molar-refractivity contribution in [2.45, 2.75) is 38.6 Å². The number of hydrogen-bond donors (Lipinski definition) is 1. The lowest BCUT2D eigenvalue weighted by Crippen LogP contribution is -2.53. The number of piperidine rings is 1. The van der Waals surface area contributed by atoms with Gasteiger partial charge in [-0.05, 0) is 49.8 Å². The van der Waals surface area contributed by atoms with E-state index in [0.29, 0.717) is 25.0 Å². The number of nitrogens with zero attached hydrogens (tertiary/aromatic N) is 2. The lowest BCUT2D eigenvalue weighted by Gasteiger charge is -2.40. The van der Waals surface area contributed by atoms with Gasteiger partial charge in [0, 0.05) is 24.8 Å². The molecule has 0 radical (unpaired) electrons. The van der Waals surface area contributed by atoms with Gasteiger partial charge in [0.15, 0.2) is 0 Å². The summed E-state index contributed by atoms with van der Waals surface area (Å²) in [5, 5.41) is 0. The van der Waals surface area contributed by atoms with Crippen molar-refractivity contribution >= 4 is 11.6 Å². The molecule has 2 unspecified atom stereocenters. The first-order chi connectivity index (χ1) is 10.7. The Balaban J connectivity index is 1.72. The van der Waals surface area contributed by atoms with Crippen LogP contribution in [0.25, 0.3) is 0 Å². The van der Waals surface area contributed by atoms with Crippen LogP contribution >= 0.6 is 0 Å². The highest BCUT2D eigenvalue weighted by atomic mass is 16.2. The van der Waals surface area contributed by atoms with Gasteiger partial charge in [0.1, 0.15) is 0 Å². The number of rotatable bonds is 3. The Labute approximate surface area is 133 Å². The quantitative estimate of drug-likeness (QED) is 0.929. The number of para-hydroxylation sites is 1. The topological polar surface area (TPSA) is 49.6 Å². The van der Waals surface area contributed by atoms with E-state index in [1.165, 1.54) is 18.4 Å². The number of hydrogen-bond acceptors (Lipinski definition) is 3. The summed E-state index contributed by atoms with van der Waals surface area (Å²) in [4.78, 5) is 17.1. The molecular weight excluding hydrogens is 274 g/mol. The summed E-state index contributed by atoms with van der Waals surface area (Å²) < 4.78 is 0. The van der Waals surface area contributed by atoms with Gasteiger partial charge in [-0.25, -0.2) is 0 Å². The normalized spacial score (nSPS) is 25.8. The first-order valence-electron chi connectivity index (χ1n) is 8.53. The summed E-state index contributed by atoms with van der Waals surface area (Å²) in [6.07, 6.45) is 4.52. The molecule has 3 rings (SSSR count). The minimum Gasteiger partial charge on any atom is -0.329 e. The molecule has 1 aromatic rings. The van der Waals surface area contributed by atoms with Crippen LogP contribution in [0.15, 0.2) is 24.3 Å². The average Bonchev–Trinajstić information content (AvgIpc) is 2.54. The highest BCUT2D eigenvalue weighted by molar-refractivity contribution is 5.96. The third-order valence-corrected chi connectivity index (χ3v) is 5.22. The van der Waals surface area contributed by atoms with Crippen LogP contribution in [0.3, 0.4) is 0 Å². The molecule has 1 saturated heterocycles. The molecule has 0 aliphatic carbocycles. The van der Waals surface area contributed by atoms with E-state index in [9.17, 15) is 4.79 Å². The molecule has 0 spiro atoms. The monoisotopic (exact) mass is 301 g/mol. The molecule has 120 valence electrons. The van der Waals surface area contributed by atoms with Crippen LogP contribution < -0.4 is 10.6 Å². The number of amides is 1. The number of fused-ring (bicyclic) bond motifs is 1. The zero-order chi connectivity index (χ0) is 15.5. The number of aryl methyl sites for hydroxylation is 1. The number of nitrogens with two attached hydrogens (primary N) is 1. The predicted molar refractivity (Wildman–Crippen MR) is 89.9 cm³/mol. The lowest BCUT2D eigenvalue weighted by molar-refractivity contribution is -0.121. The number of carbonyl (C=O) groups is 1. The fraction of sp³-hybridized carbons (Fsp3) is 0.611. The summed E-state index contributed by atoms with van der Waals surface area (Å²) >= 11 is 0. The molecule has 1 fully saturated rings. The molecule has 0 bridgehead atoms. The average molecular weight is 301 g/mol. The van der Waals surface area contributed by atoms with E-state index in [-0.39, 0.29) is 5.91 Å². The molecule has 4 heteroatoms. The summed E-state index contributed by atoms with van der Waals surface area (Å²) in [5.41, 5.74) is 8.35. The van der Waals surface area contributed by atoms with Crippen molar-refractivity contribution in [1.82, 2.24) is 4.90 Å². The molecule has 0 saturated carbocycles. The van der Waals surface area contributed by atoms with Crippen LogP contribution in [0.2, 0.25) is 0 Å². The zero-order valence-electron chi connectivity index (χ0n) is 13.5. The number of carbonyl (C=O) groups excluding carboxylic acids is 1. The molecule has 2 aliphatic rings. The van der Waals surface area contributed by atoms with E-state index in [4.69, 9.17) is 5.73 Å². The van der Waals surface area contributed by atoms with Gasteiger partial charge in [0.05, 0.1) is 6.54 Å². The number of anilines is 1. The first kappa shape index (κ1) is 15.5. The maximum Gasteiger partial charge on any atom is 0.241 e. The fourth-order valence-corrected chi connectivity index (χ4v) is 3.96. The van der Waals surface area contributed by atoms with E-state index in [1.54, 1.807) is 0 Å². The first-order valence-corrected chi connectivity index (χ1v) is 8.53. The van der Waals surface area contributed by atoms with Gasteiger partial charge in [-0.3, -0.25) is 9.69 Å². The zero-order valence-corrected chi connectivity index (χ0v) is 13.5. The highest BCUT2D eigenvalue weighted by Crippen LogP contribution is 2.28. The molecule has 1 amide bonds. The molecule has 2 heterocycles. The van der Waals surface area contributed by atoms with E-state index in [2.05, 4.69) is 30.0 Å². The van der Waals surface area contributed by atoms with Crippen molar-refractivity contribution in [3.8, 4) is 0 Å². The van der Waals surface area contributed by atoms with Gasteiger partial charge in [-0.1, -0.05) is 25.1 Å². The van der Waals surface area contributed by atoms with Crippen LogP contribution in [-0.2, 0) is 11.2 Å². The van der Waals surface area contributed by atoms with Crippen molar-refractivity contribution in [3.63, 3.8) is 0 Å². The Morgan fingerprint density at radius 1 is 1.27 bits per heavy atom. The van der Waals surface area contributed by atoms with E-state index in [1.807, 2.05) is 11.0 Å². The van der Waals surface area contributed by atoms with E-state index in [0.717, 1.165) is 31.6 Å². The van der Waals surface area contributed by atoms with Gasteiger partial charge in [0.25, 0.3) is 0 Å². The predicted octanol–water partition coefficient (Wildman–Crippen LogP) is 2.03. The van der Waals surface area contributed by atoms with Crippen molar-refractivity contribution in [2.24, 2.45) is 11.7 Å². The summed E-state index contributed by atoms with van der Waals surface area (Å²) in [5.74, 6) is 0.805. The molecule has 1 aromatic carbocycles. The molecule has 2 N–H and O–H groups in total. The van der Waals surface area contributed by atoms with Gasteiger partial charge in [-0.2, -0.15) is 0 Å². The second-order valence-electron chi connectivity index (χ2n) is 6.67. The lowest BCUT2D eigenvalue weighted by atomic mass is 9.91. The molecular formula is C18H27N3O. The van der Waals surface area contributed by atoms with Gasteiger partial charge >= 0.3 is 0 Å². The van der Waals surface area contributed by atoms with Crippen LogP contribution in [-0.4, -0.2) is 43.0 Å². The van der Waals surface area contributed by atoms with Crippen LogP contribution in [0.1, 0.15) is 31.7 Å². The maximum atomic E-state index is 12.8. The van der Waals surface area contributed by atoms with Crippen LogP contribution in [0.5, 0.6) is 0 Å². The Morgan fingerprint density at radius 3 is 2.91 bits per heavy atom. The minimum atomic E-state index is 0.222. The second-order valence-corrected chi connectivity index (χ2v) is 6.67. The van der Waals surface area contributed by atoms with Crippen molar-refractivity contribution in [3.05, 3.63) is 29.8 Å². The van der Waals surface area contributed by atoms with Crippen LogP contribution in [0, 0.1) is 5.92 Å². The fourth-order valence-electron chi connectivity index (χ4n) is 3.96. The molecule has 2 aliphatic heterocycles. The van der Waals surface area contributed by atoms with E-state index < -0.39 is 0 Å². The second kappa shape index (κ2) is 6.80. The number of benzene rings is 1. The molecule has 22 heavy (non-hydrogen) atoms. The summed E-state index contributed by atoms with van der Waals surface area (Å²) in [6, 6.07) is 8.64.